The summed E-state index contributed by atoms with van der Waals surface area (Å²) < 4.78 is 2.29. The largest absolute Gasteiger partial charge is 0.294 e. The lowest BCUT2D eigenvalue weighted by Crippen LogP contribution is -2.02. The molecule has 0 atom stereocenters. The van der Waals surface area contributed by atoms with Crippen LogP contribution in [0.3, 0.4) is 0 Å². The lowest BCUT2D eigenvalue weighted by molar-refractivity contribution is 1.05. The van der Waals surface area contributed by atoms with Crippen molar-refractivity contribution in [3.05, 3.63) is 212 Å². The van der Waals surface area contributed by atoms with E-state index in [9.17, 15) is 0 Å². The van der Waals surface area contributed by atoms with Crippen molar-refractivity contribution in [2.75, 3.05) is 0 Å². The van der Waals surface area contributed by atoms with Crippen molar-refractivity contribution < 1.29 is 0 Å². The fraction of sp³-hybridized carbons (Fsp3) is 0. The SMILES string of the molecule is c1ccc(-c2cc(-c3ccccc3)cc(-c3ccc4c5c6ccccc6ccc5n(-c5cc(-c6nc(-c7ccccc7)nc(-c7ccccc7)n6)ccn5)c4c3)c2)cc1. The number of nitrogens with zero attached hydrogens (tertiary/aromatic N) is 5. The molecule has 0 amide bonds. The third-order valence-corrected chi connectivity index (χ3v) is 11.1. The predicted octanol–water partition coefficient (Wildman–Crippen LogP) is 13.5. The number of hydrogen-bond acceptors (Lipinski definition) is 4. The van der Waals surface area contributed by atoms with E-state index in [-0.39, 0.29) is 0 Å². The average molecular weight is 754 g/mol. The predicted molar refractivity (Wildman–Crippen MR) is 242 cm³/mol. The summed E-state index contributed by atoms with van der Waals surface area (Å²) in [6.45, 7) is 0. The van der Waals surface area contributed by atoms with Crippen LogP contribution in [0.25, 0.3) is 106 Å². The quantitative estimate of drug-likeness (QED) is 0.163. The zero-order valence-electron chi connectivity index (χ0n) is 31.9. The highest BCUT2D eigenvalue weighted by Gasteiger charge is 2.19. The Hall–Kier alpha value is -8.02. The van der Waals surface area contributed by atoms with Crippen molar-refractivity contribution in [3.63, 3.8) is 0 Å². The van der Waals surface area contributed by atoms with Crippen molar-refractivity contribution in [2.45, 2.75) is 0 Å². The molecule has 11 rings (SSSR count). The van der Waals surface area contributed by atoms with E-state index in [1.807, 2.05) is 72.9 Å². The van der Waals surface area contributed by atoms with Crippen molar-refractivity contribution in [1.29, 1.82) is 0 Å². The fourth-order valence-electron chi connectivity index (χ4n) is 8.22. The Labute approximate surface area is 341 Å². The molecule has 5 heteroatoms. The molecule has 0 N–H and O–H groups in total. The molecule has 0 saturated heterocycles. The van der Waals surface area contributed by atoms with Gasteiger partial charge in [0, 0.05) is 33.7 Å². The van der Waals surface area contributed by atoms with Gasteiger partial charge in [-0.05, 0) is 86.6 Å². The van der Waals surface area contributed by atoms with Gasteiger partial charge in [0.15, 0.2) is 17.5 Å². The summed E-state index contributed by atoms with van der Waals surface area (Å²) in [7, 11) is 0. The highest BCUT2D eigenvalue weighted by atomic mass is 15.1. The molecule has 0 saturated carbocycles. The summed E-state index contributed by atoms with van der Waals surface area (Å²) in [4.78, 5) is 20.1. The van der Waals surface area contributed by atoms with Gasteiger partial charge in [-0.3, -0.25) is 4.57 Å². The minimum absolute atomic E-state index is 0.583. The van der Waals surface area contributed by atoms with E-state index in [0.717, 1.165) is 50.1 Å². The molecule has 0 spiro atoms. The summed E-state index contributed by atoms with van der Waals surface area (Å²) in [5.74, 6) is 2.60. The molecule has 0 bridgehead atoms. The second-order valence-electron chi connectivity index (χ2n) is 14.7. The van der Waals surface area contributed by atoms with Gasteiger partial charge in [0.1, 0.15) is 5.82 Å². The molecule has 11 aromatic rings. The van der Waals surface area contributed by atoms with Gasteiger partial charge in [0.05, 0.1) is 11.0 Å². The van der Waals surface area contributed by atoms with Crippen molar-refractivity contribution in [2.24, 2.45) is 0 Å². The Morgan fingerprint density at radius 3 is 1.41 bits per heavy atom. The second-order valence-corrected chi connectivity index (χ2v) is 14.7. The van der Waals surface area contributed by atoms with Gasteiger partial charge in [-0.1, -0.05) is 164 Å². The van der Waals surface area contributed by atoms with Crippen LogP contribution in [0.5, 0.6) is 0 Å². The summed E-state index contributed by atoms with van der Waals surface area (Å²) in [5, 5.41) is 4.75. The molecule has 3 heterocycles. The Kier molecular flexibility index (Phi) is 8.41. The van der Waals surface area contributed by atoms with Crippen molar-refractivity contribution >= 4 is 32.6 Å². The van der Waals surface area contributed by atoms with E-state index in [1.165, 1.54) is 38.4 Å². The summed E-state index contributed by atoms with van der Waals surface area (Å²) in [6, 6.07) is 72.3. The van der Waals surface area contributed by atoms with Crippen LogP contribution in [0.2, 0.25) is 0 Å². The minimum Gasteiger partial charge on any atom is -0.294 e. The van der Waals surface area contributed by atoms with Gasteiger partial charge in [0.2, 0.25) is 0 Å². The van der Waals surface area contributed by atoms with Crippen LogP contribution in [-0.4, -0.2) is 24.5 Å². The van der Waals surface area contributed by atoms with E-state index in [2.05, 4.69) is 144 Å². The maximum Gasteiger partial charge on any atom is 0.164 e. The number of aromatic nitrogens is 5. The summed E-state index contributed by atoms with van der Waals surface area (Å²) in [6.07, 6.45) is 1.86. The van der Waals surface area contributed by atoms with Crippen LogP contribution in [0.4, 0.5) is 0 Å². The molecule has 0 aliphatic heterocycles. The van der Waals surface area contributed by atoms with Gasteiger partial charge >= 0.3 is 0 Å². The van der Waals surface area contributed by atoms with E-state index >= 15 is 0 Å². The van der Waals surface area contributed by atoms with Gasteiger partial charge in [-0.25, -0.2) is 19.9 Å². The van der Waals surface area contributed by atoms with Crippen molar-refractivity contribution in [3.8, 4) is 73.4 Å². The molecule has 276 valence electrons. The first-order chi connectivity index (χ1) is 29.2. The highest BCUT2D eigenvalue weighted by molar-refractivity contribution is 6.21. The van der Waals surface area contributed by atoms with Crippen LogP contribution in [0.1, 0.15) is 0 Å². The zero-order valence-corrected chi connectivity index (χ0v) is 31.9. The van der Waals surface area contributed by atoms with E-state index in [1.54, 1.807) is 0 Å². The normalized spacial score (nSPS) is 11.4. The second kappa shape index (κ2) is 14.5. The standard InChI is InChI=1S/C54H35N5/c1-5-15-36(16-6-1)43-31-44(37-17-7-2-8-18-37)33-45(32-43)41-25-27-47-49(34-41)59(48-28-26-38-19-13-14-24-46(38)51(47)48)50-35-42(29-30-55-50)54-57-52(39-20-9-3-10-21-39)56-53(58-54)40-22-11-4-12-23-40/h1-35H. The third-order valence-electron chi connectivity index (χ3n) is 11.1. The highest BCUT2D eigenvalue weighted by Crippen LogP contribution is 2.40. The van der Waals surface area contributed by atoms with Crippen LogP contribution in [-0.2, 0) is 0 Å². The zero-order chi connectivity index (χ0) is 39.1. The van der Waals surface area contributed by atoms with Gasteiger partial charge in [-0.2, -0.15) is 0 Å². The van der Waals surface area contributed by atoms with Gasteiger partial charge in [-0.15, -0.1) is 0 Å². The van der Waals surface area contributed by atoms with E-state index in [4.69, 9.17) is 19.9 Å². The van der Waals surface area contributed by atoms with Gasteiger partial charge < -0.3 is 0 Å². The molecular formula is C54H35N5. The monoisotopic (exact) mass is 753 g/mol. The first-order valence-corrected chi connectivity index (χ1v) is 19.8. The lowest BCUT2D eigenvalue weighted by atomic mass is 9.93. The molecule has 8 aromatic carbocycles. The van der Waals surface area contributed by atoms with Crippen molar-refractivity contribution in [1.82, 2.24) is 24.5 Å². The molecule has 0 fully saturated rings. The number of fused-ring (bicyclic) bond motifs is 5. The maximum absolute atomic E-state index is 5.05. The van der Waals surface area contributed by atoms with Crippen LogP contribution in [0.15, 0.2) is 212 Å². The maximum atomic E-state index is 5.05. The fourth-order valence-corrected chi connectivity index (χ4v) is 8.22. The first kappa shape index (κ1) is 34.2. The molecule has 0 unspecified atom stereocenters. The smallest absolute Gasteiger partial charge is 0.164 e. The topological polar surface area (TPSA) is 56.5 Å². The summed E-state index contributed by atoms with van der Waals surface area (Å²) >= 11 is 0. The Morgan fingerprint density at radius 2 is 0.814 bits per heavy atom. The average Bonchev–Trinajstić information content (AvgIpc) is 3.67. The number of benzene rings is 8. The number of pyridine rings is 1. The van der Waals surface area contributed by atoms with Gasteiger partial charge in [0.25, 0.3) is 0 Å². The molecule has 3 aromatic heterocycles. The Bertz CT molecular complexity index is 3190. The van der Waals surface area contributed by atoms with Crippen LogP contribution < -0.4 is 0 Å². The number of hydrogen-bond donors (Lipinski definition) is 0. The number of rotatable bonds is 7. The van der Waals surface area contributed by atoms with Crippen LogP contribution in [0, 0.1) is 0 Å². The molecule has 0 radical (unpaired) electrons. The first-order valence-electron chi connectivity index (χ1n) is 19.8. The molecule has 5 nitrogen and oxygen atoms in total. The lowest BCUT2D eigenvalue weighted by Gasteiger charge is -2.13. The Morgan fingerprint density at radius 1 is 0.305 bits per heavy atom. The molecule has 59 heavy (non-hydrogen) atoms. The third kappa shape index (κ3) is 6.32. The van der Waals surface area contributed by atoms with E-state index in [0.29, 0.717) is 17.5 Å². The molecule has 0 aliphatic rings. The Balaban J connectivity index is 1.13. The van der Waals surface area contributed by atoms with E-state index < -0.39 is 0 Å². The summed E-state index contributed by atoms with van der Waals surface area (Å²) in [5.41, 5.74) is 11.8. The van der Waals surface area contributed by atoms with Crippen LogP contribution >= 0.6 is 0 Å². The molecular weight excluding hydrogens is 719 g/mol. The minimum atomic E-state index is 0.583. The molecule has 0 aliphatic carbocycles.